The van der Waals surface area contributed by atoms with E-state index in [0.717, 1.165) is 34.6 Å². The smallest absolute Gasteiger partial charge is 0.399 e. The van der Waals surface area contributed by atoms with Crippen LogP contribution in [0.5, 0.6) is 0 Å². The van der Waals surface area contributed by atoms with Gasteiger partial charge in [-0.3, -0.25) is 0 Å². The zero-order valence-corrected chi connectivity index (χ0v) is 30.8. The van der Waals surface area contributed by atoms with Crippen molar-refractivity contribution < 1.29 is 18.6 Å². The molecule has 4 unspecified atom stereocenters. The first-order valence-corrected chi connectivity index (χ1v) is 18.8. The van der Waals surface area contributed by atoms with Crippen LogP contribution in [-0.4, -0.2) is 36.6 Å². The Labute approximate surface area is 299 Å². The third-order valence-corrected chi connectivity index (χ3v) is 13.5. The molecule has 4 atom stereocenters. The summed E-state index contributed by atoms with van der Waals surface area (Å²) < 4.78 is 24.8. The van der Waals surface area contributed by atoms with Crippen LogP contribution in [0, 0.1) is 47.3 Å². The lowest BCUT2D eigenvalue weighted by molar-refractivity contribution is 0.00578. The quantitative estimate of drug-likeness (QED) is 0.246. The van der Waals surface area contributed by atoms with Crippen LogP contribution >= 0.6 is 0 Å². The van der Waals surface area contributed by atoms with Gasteiger partial charge in [0.05, 0.1) is 22.4 Å². The van der Waals surface area contributed by atoms with Crippen LogP contribution in [0.25, 0.3) is 11.1 Å². The summed E-state index contributed by atoms with van der Waals surface area (Å²) >= 11 is 0. The van der Waals surface area contributed by atoms with Gasteiger partial charge in [-0.1, -0.05) is 109 Å². The second-order valence-corrected chi connectivity index (χ2v) is 17.7. The van der Waals surface area contributed by atoms with Crippen LogP contribution in [-0.2, 0) is 18.6 Å². The van der Waals surface area contributed by atoms with Crippen molar-refractivity contribution >= 4 is 36.3 Å². The molecule has 2 saturated carbocycles. The molecule has 6 heteroatoms. The van der Waals surface area contributed by atoms with Gasteiger partial charge < -0.3 is 18.6 Å². The molecule has 0 amide bonds. The van der Waals surface area contributed by atoms with Crippen LogP contribution in [0.1, 0.15) is 66.5 Å². The average Bonchev–Trinajstić information content (AvgIpc) is 3.93. The lowest BCUT2D eigenvalue weighted by Crippen LogP contribution is -2.41. The lowest BCUT2D eigenvalue weighted by atomic mass is 9.77. The minimum atomic E-state index is -0.305. The number of hydrogen-bond acceptors (Lipinski definition) is 4. The molecule has 2 saturated heterocycles. The van der Waals surface area contributed by atoms with E-state index in [-0.39, 0.29) is 36.6 Å². The van der Waals surface area contributed by atoms with Gasteiger partial charge >= 0.3 is 14.2 Å². The first kappa shape index (κ1) is 32.7. The molecule has 10 aliphatic rings. The van der Waals surface area contributed by atoms with Gasteiger partial charge in [-0.15, -0.1) is 0 Å². The van der Waals surface area contributed by atoms with Gasteiger partial charge in [0, 0.05) is 11.8 Å². The maximum Gasteiger partial charge on any atom is 0.494 e. The maximum atomic E-state index is 6.24. The molecule has 0 radical (unpaired) electrons. The summed E-state index contributed by atoms with van der Waals surface area (Å²) in [7, 11) is -0.585. The summed E-state index contributed by atoms with van der Waals surface area (Å²) in [6, 6.07) is 17.5. The van der Waals surface area contributed by atoms with Crippen molar-refractivity contribution in [2.75, 3.05) is 0 Å². The fraction of sp³-hybridized carbons (Fsp3) is 0.455. The third kappa shape index (κ3) is 5.36. The molecule has 2 aromatic carbocycles. The Morgan fingerprint density at radius 2 is 0.820 bits per heavy atom. The first-order valence-electron chi connectivity index (χ1n) is 18.8. The Morgan fingerprint density at radius 3 is 1.26 bits per heavy atom. The predicted molar refractivity (Wildman–Crippen MR) is 205 cm³/mol. The molecule has 4 fully saturated rings. The summed E-state index contributed by atoms with van der Waals surface area (Å²) in [6.45, 7) is 16.8. The second-order valence-electron chi connectivity index (χ2n) is 17.7. The Balaban J connectivity index is 0.000000135. The summed E-state index contributed by atoms with van der Waals surface area (Å²) in [4.78, 5) is 0. The summed E-state index contributed by atoms with van der Waals surface area (Å²) in [5.74, 6) is 5.14. The number of rotatable bonds is 4. The molecule has 0 N–H and O–H groups in total. The van der Waals surface area contributed by atoms with Crippen molar-refractivity contribution in [1.29, 1.82) is 0 Å². The Bertz CT molecular complexity index is 1820. The fourth-order valence-corrected chi connectivity index (χ4v) is 8.65. The van der Waals surface area contributed by atoms with Gasteiger partial charge in [0.2, 0.25) is 0 Å². The highest BCUT2D eigenvalue weighted by Crippen LogP contribution is 2.56. The van der Waals surface area contributed by atoms with Crippen LogP contribution in [0.3, 0.4) is 0 Å². The monoisotopic (exact) mass is 664 g/mol. The SMILES string of the molecule is CC1(C)OB(c2ccc(C3=CC4C5C=CC3C=CC54)cc2)OC1(C)C.CC1(C)OB(c2cccc(C3=CC4C5C=CC3C=CC54)c2)OC1(C)C. The molecule has 2 aliphatic heterocycles. The highest BCUT2D eigenvalue weighted by molar-refractivity contribution is 6.62. The molecule has 50 heavy (non-hydrogen) atoms. The van der Waals surface area contributed by atoms with Gasteiger partial charge in [0.15, 0.2) is 0 Å². The van der Waals surface area contributed by atoms with E-state index < -0.39 is 0 Å². The number of hydrogen-bond donors (Lipinski definition) is 0. The Morgan fingerprint density at radius 1 is 0.420 bits per heavy atom. The summed E-state index contributed by atoms with van der Waals surface area (Å²) in [6.07, 6.45) is 24.2. The zero-order valence-electron chi connectivity index (χ0n) is 30.8. The summed E-state index contributed by atoms with van der Waals surface area (Å²) in [5, 5.41) is 0. The van der Waals surface area contributed by atoms with E-state index in [9.17, 15) is 0 Å². The van der Waals surface area contributed by atoms with E-state index in [0.29, 0.717) is 23.7 Å². The molecule has 8 bridgehead atoms. The van der Waals surface area contributed by atoms with Gasteiger partial charge in [0.1, 0.15) is 0 Å². The second kappa shape index (κ2) is 11.2. The van der Waals surface area contributed by atoms with Crippen LogP contribution in [0.4, 0.5) is 0 Å². The standard InChI is InChI=1S/2C22H25BO2/c1-21(2)22(3,4)25-23(24-21)16-9-5-14(6-10-16)19-13-20-17-11-7-15(19)8-12-18(17)20;1-21(2)22(3,4)25-23(24-21)16-7-5-6-15(12-16)19-13-20-17-10-8-14(19)9-11-18(17)20/h5-13,15,17-18,20H,1-4H3;5-14,17-18,20H,1-4H3. The number of benzene rings is 2. The Kier molecular flexibility index (Phi) is 7.32. The number of allylic oxidation sites excluding steroid dienone is 12. The molecule has 0 aromatic heterocycles. The minimum absolute atomic E-state index is 0.286. The molecular formula is C44H50B2O4. The van der Waals surface area contributed by atoms with Crippen molar-refractivity contribution in [2.45, 2.75) is 77.8 Å². The predicted octanol–water partition coefficient (Wildman–Crippen LogP) is 7.97. The molecule has 0 spiro atoms. The van der Waals surface area contributed by atoms with Crippen LogP contribution in [0.2, 0.25) is 0 Å². The van der Waals surface area contributed by atoms with Gasteiger partial charge in [-0.05, 0) is 124 Å². The van der Waals surface area contributed by atoms with Gasteiger partial charge in [-0.25, -0.2) is 0 Å². The van der Waals surface area contributed by atoms with E-state index in [2.05, 4.69) is 165 Å². The van der Waals surface area contributed by atoms with Crippen LogP contribution in [0.15, 0.2) is 109 Å². The molecule has 4 nitrogen and oxygen atoms in total. The topological polar surface area (TPSA) is 36.9 Å². The highest BCUT2D eigenvalue weighted by atomic mass is 16.7. The van der Waals surface area contributed by atoms with Crippen molar-refractivity contribution in [2.24, 2.45) is 47.3 Å². The van der Waals surface area contributed by atoms with E-state index in [1.165, 1.54) is 22.3 Å². The normalized spacial score (nSPS) is 36.2. The lowest BCUT2D eigenvalue weighted by Gasteiger charge is -2.32. The minimum Gasteiger partial charge on any atom is -0.399 e. The molecular weight excluding hydrogens is 614 g/mol. The van der Waals surface area contributed by atoms with Crippen molar-refractivity contribution in [3.05, 3.63) is 120 Å². The highest BCUT2D eigenvalue weighted by Gasteiger charge is 2.53. The molecule has 2 heterocycles. The first-order chi connectivity index (χ1) is 23.7. The molecule has 12 rings (SSSR count). The van der Waals surface area contributed by atoms with Gasteiger partial charge in [0.25, 0.3) is 0 Å². The Hall–Kier alpha value is -3.15. The molecule has 256 valence electrons. The largest absolute Gasteiger partial charge is 0.494 e. The summed E-state index contributed by atoms with van der Waals surface area (Å²) in [5.41, 5.74) is 6.48. The third-order valence-electron chi connectivity index (χ3n) is 13.5. The van der Waals surface area contributed by atoms with Crippen molar-refractivity contribution in [3.63, 3.8) is 0 Å². The van der Waals surface area contributed by atoms with Crippen LogP contribution < -0.4 is 10.9 Å². The van der Waals surface area contributed by atoms with E-state index >= 15 is 0 Å². The molecule has 8 aliphatic carbocycles. The fourth-order valence-electron chi connectivity index (χ4n) is 8.65. The maximum absolute atomic E-state index is 6.24. The van der Waals surface area contributed by atoms with Gasteiger partial charge in [-0.2, -0.15) is 0 Å². The van der Waals surface area contributed by atoms with Crippen molar-refractivity contribution in [3.8, 4) is 0 Å². The van der Waals surface area contributed by atoms with E-state index in [4.69, 9.17) is 18.6 Å². The van der Waals surface area contributed by atoms with Crippen molar-refractivity contribution in [1.82, 2.24) is 0 Å². The van der Waals surface area contributed by atoms with E-state index in [1.54, 1.807) is 0 Å². The average molecular weight is 665 g/mol. The zero-order chi connectivity index (χ0) is 34.8. The van der Waals surface area contributed by atoms with E-state index in [1.807, 2.05) is 0 Å². The molecule has 2 aromatic rings.